The van der Waals surface area contributed by atoms with Gasteiger partial charge in [-0.05, 0) is 30.9 Å². The van der Waals surface area contributed by atoms with Crippen LogP contribution in [0.25, 0.3) is 0 Å². The molecule has 0 aliphatic rings. The van der Waals surface area contributed by atoms with E-state index in [1.807, 2.05) is 0 Å². The van der Waals surface area contributed by atoms with Crippen molar-refractivity contribution < 1.29 is 19.1 Å². The lowest BCUT2D eigenvalue weighted by Crippen LogP contribution is -2.17. The van der Waals surface area contributed by atoms with E-state index >= 15 is 0 Å². The summed E-state index contributed by atoms with van der Waals surface area (Å²) in [7, 11) is 0. The third-order valence-corrected chi connectivity index (χ3v) is 5.84. The second-order valence-corrected chi connectivity index (χ2v) is 8.52. The van der Waals surface area contributed by atoms with Crippen molar-refractivity contribution in [1.82, 2.24) is 0 Å². The van der Waals surface area contributed by atoms with Crippen molar-refractivity contribution in [2.75, 3.05) is 13.2 Å². The molecule has 4 nitrogen and oxygen atoms in total. The summed E-state index contributed by atoms with van der Waals surface area (Å²) < 4.78 is 11.0. The highest BCUT2D eigenvalue weighted by molar-refractivity contribution is 6.03. The molecule has 0 N–H and O–H groups in total. The van der Waals surface area contributed by atoms with Crippen LogP contribution >= 0.6 is 0 Å². The van der Waals surface area contributed by atoms with Gasteiger partial charge in [0.25, 0.3) is 0 Å². The fraction of sp³-hybridized carbons (Fsp3) is 0.704. The van der Waals surface area contributed by atoms with Gasteiger partial charge in [0.05, 0.1) is 24.3 Å². The van der Waals surface area contributed by atoms with Gasteiger partial charge in [0.15, 0.2) is 0 Å². The lowest BCUT2D eigenvalue weighted by molar-refractivity contribution is 0.0404. The number of unbranched alkanes of at least 4 members (excludes halogenated alkanes) is 9. The van der Waals surface area contributed by atoms with E-state index in [1.165, 1.54) is 44.9 Å². The molecule has 0 bridgehead atoms. The van der Waals surface area contributed by atoms with Gasteiger partial charge in [0.1, 0.15) is 0 Å². The fourth-order valence-electron chi connectivity index (χ4n) is 3.66. The summed E-state index contributed by atoms with van der Waals surface area (Å²) in [5.74, 6) is -0.509. The molecule has 176 valence electrons. The Balaban J connectivity index is 2.37. The summed E-state index contributed by atoms with van der Waals surface area (Å²) in [6.45, 7) is 7.31. The highest BCUT2D eigenvalue weighted by Gasteiger charge is 2.20. The summed E-state index contributed by atoms with van der Waals surface area (Å²) >= 11 is 0. The van der Waals surface area contributed by atoms with E-state index in [4.69, 9.17) is 9.47 Å². The maximum Gasteiger partial charge on any atom is 0.339 e. The van der Waals surface area contributed by atoms with Gasteiger partial charge in [-0.1, -0.05) is 104 Å². The molecule has 1 atom stereocenters. The van der Waals surface area contributed by atoms with E-state index in [9.17, 15) is 9.59 Å². The van der Waals surface area contributed by atoms with Crippen LogP contribution in [0.2, 0.25) is 0 Å². The molecule has 0 radical (unpaired) electrons. The van der Waals surface area contributed by atoms with Gasteiger partial charge in [-0.15, -0.1) is 0 Å². The Bertz CT molecular complexity index is 611. The number of carbonyl (C=O) groups excluding carboxylic acids is 2. The Labute approximate surface area is 190 Å². The standard InChI is InChI=1S/C27H44O4/c1-4-7-9-10-11-12-13-14-17-21-30-26(28)24-19-15-16-20-25(24)27(29)31-22-23(6-3)18-8-5-2/h15-16,19-20,23H,4-14,17-18,21-22H2,1-3H3. The minimum absolute atomic E-state index is 0.296. The van der Waals surface area contributed by atoms with Gasteiger partial charge in [-0.3, -0.25) is 0 Å². The van der Waals surface area contributed by atoms with Crippen LogP contribution in [0.15, 0.2) is 24.3 Å². The van der Waals surface area contributed by atoms with Crippen molar-refractivity contribution in [2.45, 2.75) is 104 Å². The Morgan fingerprint density at radius 2 is 1.23 bits per heavy atom. The molecule has 1 rings (SSSR count). The zero-order valence-corrected chi connectivity index (χ0v) is 20.1. The first-order chi connectivity index (χ1) is 15.1. The zero-order valence-electron chi connectivity index (χ0n) is 20.1. The van der Waals surface area contributed by atoms with Crippen LogP contribution < -0.4 is 0 Å². The van der Waals surface area contributed by atoms with Crippen LogP contribution in [0.1, 0.15) is 125 Å². The molecule has 4 heteroatoms. The van der Waals surface area contributed by atoms with Gasteiger partial charge in [0, 0.05) is 0 Å². The minimum Gasteiger partial charge on any atom is -0.462 e. The molecule has 0 aromatic heterocycles. The maximum absolute atomic E-state index is 12.6. The predicted octanol–water partition coefficient (Wildman–Crippen LogP) is 7.75. The number of carbonyl (C=O) groups is 2. The second kappa shape index (κ2) is 17.8. The van der Waals surface area contributed by atoms with E-state index in [0.29, 0.717) is 30.3 Å². The number of rotatable bonds is 18. The molecule has 1 aromatic rings. The molecular weight excluding hydrogens is 388 g/mol. The van der Waals surface area contributed by atoms with Crippen LogP contribution in [-0.4, -0.2) is 25.2 Å². The molecule has 0 fully saturated rings. The van der Waals surface area contributed by atoms with Gasteiger partial charge < -0.3 is 9.47 Å². The number of hydrogen-bond donors (Lipinski definition) is 0. The van der Waals surface area contributed by atoms with Crippen LogP contribution in [0.4, 0.5) is 0 Å². The first kappa shape index (κ1) is 27.2. The monoisotopic (exact) mass is 432 g/mol. The van der Waals surface area contributed by atoms with Crippen molar-refractivity contribution in [3.63, 3.8) is 0 Å². The van der Waals surface area contributed by atoms with Crippen molar-refractivity contribution >= 4 is 11.9 Å². The topological polar surface area (TPSA) is 52.6 Å². The van der Waals surface area contributed by atoms with Crippen LogP contribution in [0, 0.1) is 5.92 Å². The summed E-state index contributed by atoms with van der Waals surface area (Å²) in [6, 6.07) is 6.79. The Kier molecular flexibility index (Phi) is 15.6. The molecule has 0 saturated carbocycles. The Hall–Kier alpha value is -1.84. The Morgan fingerprint density at radius 3 is 1.77 bits per heavy atom. The third kappa shape index (κ3) is 11.9. The van der Waals surface area contributed by atoms with E-state index in [1.54, 1.807) is 24.3 Å². The molecule has 0 heterocycles. The minimum atomic E-state index is -0.440. The first-order valence-electron chi connectivity index (χ1n) is 12.6. The molecule has 0 aliphatic carbocycles. The quantitative estimate of drug-likeness (QED) is 0.176. The van der Waals surface area contributed by atoms with Crippen LogP contribution in [0.5, 0.6) is 0 Å². The summed E-state index contributed by atoms with van der Waals surface area (Å²) in [6.07, 6.45) is 15.3. The van der Waals surface area contributed by atoms with E-state index < -0.39 is 11.9 Å². The molecule has 0 aliphatic heterocycles. The fourth-order valence-corrected chi connectivity index (χ4v) is 3.66. The zero-order chi connectivity index (χ0) is 22.7. The van der Waals surface area contributed by atoms with E-state index in [2.05, 4.69) is 20.8 Å². The number of esters is 2. The molecule has 0 saturated heterocycles. The first-order valence-corrected chi connectivity index (χ1v) is 12.6. The summed E-state index contributed by atoms with van der Waals surface area (Å²) in [5, 5.41) is 0. The molecule has 1 aromatic carbocycles. The maximum atomic E-state index is 12.6. The molecule has 31 heavy (non-hydrogen) atoms. The molecule has 0 spiro atoms. The highest BCUT2D eigenvalue weighted by atomic mass is 16.5. The Morgan fingerprint density at radius 1 is 0.710 bits per heavy atom. The van der Waals surface area contributed by atoms with Crippen molar-refractivity contribution in [2.24, 2.45) is 5.92 Å². The van der Waals surface area contributed by atoms with Crippen LogP contribution in [-0.2, 0) is 9.47 Å². The number of hydrogen-bond acceptors (Lipinski definition) is 4. The average Bonchev–Trinajstić information content (AvgIpc) is 2.80. The molecule has 1 unspecified atom stereocenters. The van der Waals surface area contributed by atoms with E-state index in [0.717, 1.165) is 38.5 Å². The van der Waals surface area contributed by atoms with Gasteiger partial charge in [-0.2, -0.15) is 0 Å². The van der Waals surface area contributed by atoms with Crippen molar-refractivity contribution in [3.05, 3.63) is 35.4 Å². The summed E-state index contributed by atoms with van der Waals surface area (Å²) in [5.41, 5.74) is 0.593. The molecular formula is C27H44O4. The largest absolute Gasteiger partial charge is 0.462 e. The van der Waals surface area contributed by atoms with Crippen molar-refractivity contribution in [3.8, 4) is 0 Å². The lowest BCUT2D eigenvalue weighted by atomic mass is 10.0. The summed E-state index contributed by atoms with van der Waals surface area (Å²) in [4.78, 5) is 25.1. The van der Waals surface area contributed by atoms with Gasteiger partial charge >= 0.3 is 11.9 Å². The van der Waals surface area contributed by atoms with Crippen LogP contribution in [0.3, 0.4) is 0 Å². The third-order valence-electron chi connectivity index (χ3n) is 5.84. The SMILES string of the molecule is CCCCCCCCCCCOC(=O)c1ccccc1C(=O)OCC(CC)CCCC. The smallest absolute Gasteiger partial charge is 0.339 e. The van der Waals surface area contributed by atoms with Gasteiger partial charge in [-0.25, -0.2) is 9.59 Å². The average molecular weight is 433 g/mol. The second-order valence-electron chi connectivity index (χ2n) is 8.52. The van der Waals surface area contributed by atoms with Crippen molar-refractivity contribution in [1.29, 1.82) is 0 Å². The molecule has 0 amide bonds. The number of benzene rings is 1. The normalized spacial score (nSPS) is 11.8. The van der Waals surface area contributed by atoms with E-state index in [-0.39, 0.29) is 0 Å². The highest BCUT2D eigenvalue weighted by Crippen LogP contribution is 2.17. The van der Waals surface area contributed by atoms with Gasteiger partial charge in [0.2, 0.25) is 0 Å². The number of ether oxygens (including phenoxy) is 2. The lowest BCUT2D eigenvalue weighted by Gasteiger charge is -2.15. The predicted molar refractivity (Wildman–Crippen MR) is 128 cm³/mol.